The Labute approximate surface area is 145 Å². The molecule has 0 bridgehead atoms. The van der Waals surface area contributed by atoms with E-state index in [1.807, 2.05) is 0 Å². The molecule has 2 aromatic rings. The Hall–Kier alpha value is -3.02. The van der Waals surface area contributed by atoms with Gasteiger partial charge in [0.25, 0.3) is 0 Å². The lowest BCUT2D eigenvalue weighted by molar-refractivity contribution is -0.138. The number of hydrogen-bond donors (Lipinski definition) is 0. The highest BCUT2D eigenvalue weighted by molar-refractivity contribution is 5.87. The van der Waals surface area contributed by atoms with E-state index in [0.29, 0.717) is 28.4 Å². The first-order chi connectivity index (χ1) is 12.1. The molecular formula is C19H19FO5. The van der Waals surface area contributed by atoms with Gasteiger partial charge < -0.3 is 18.9 Å². The summed E-state index contributed by atoms with van der Waals surface area (Å²) in [6.45, 7) is -0.134. The van der Waals surface area contributed by atoms with E-state index in [1.54, 1.807) is 36.4 Å². The summed E-state index contributed by atoms with van der Waals surface area (Å²) in [5, 5.41) is 0. The Morgan fingerprint density at radius 1 is 1.04 bits per heavy atom. The van der Waals surface area contributed by atoms with E-state index in [2.05, 4.69) is 0 Å². The van der Waals surface area contributed by atoms with Crippen molar-refractivity contribution in [1.82, 2.24) is 0 Å². The number of halogens is 1. The van der Waals surface area contributed by atoms with Gasteiger partial charge >= 0.3 is 5.97 Å². The minimum absolute atomic E-state index is 0.134. The molecule has 0 saturated heterocycles. The average Bonchev–Trinajstić information content (AvgIpc) is 2.64. The second-order valence-electron chi connectivity index (χ2n) is 4.99. The van der Waals surface area contributed by atoms with Crippen LogP contribution in [0.15, 0.2) is 42.5 Å². The number of methoxy groups -OCH3 is 3. The topological polar surface area (TPSA) is 54.0 Å². The molecule has 25 heavy (non-hydrogen) atoms. The molecule has 2 aromatic carbocycles. The van der Waals surface area contributed by atoms with Gasteiger partial charge in [-0.25, -0.2) is 9.18 Å². The zero-order valence-electron chi connectivity index (χ0n) is 14.2. The maximum absolute atomic E-state index is 13.5. The maximum atomic E-state index is 13.5. The Morgan fingerprint density at radius 2 is 1.68 bits per heavy atom. The molecule has 5 nitrogen and oxygen atoms in total. The molecule has 0 fully saturated rings. The lowest BCUT2D eigenvalue weighted by Gasteiger charge is -2.12. The molecule has 0 heterocycles. The Bertz CT molecular complexity index is 745. The molecule has 0 atom stereocenters. The first-order valence-corrected chi connectivity index (χ1v) is 7.47. The van der Waals surface area contributed by atoms with Crippen LogP contribution in [0.5, 0.6) is 17.2 Å². The second-order valence-corrected chi connectivity index (χ2v) is 4.99. The van der Waals surface area contributed by atoms with Gasteiger partial charge in [0.15, 0.2) is 11.5 Å². The summed E-state index contributed by atoms with van der Waals surface area (Å²) in [5.74, 6) is 0.410. The van der Waals surface area contributed by atoms with Crippen molar-refractivity contribution in [3.8, 4) is 17.2 Å². The number of rotatable bonds is 7. The summed E-state index contributed by atoms with van der Waals surface area (Å²) in [6, 6.07) is 9.52. The third-order valence-corrected chi connectivity index (χ3v) is 3.43. The first-order valence-electron chi connectivity index (χ1n) is 7.47. The molecule has 6 heteroatoms. The van der Waals surface area contributed by atoms with Crippen molar-refractivity contribution in [3.63, 3.8) is 0 Å². The summed E-state index contributed by atoms with van der Waals surface area (Å²) in [4.78, 5) is 11.8. The van der Waals surface area contributed by atoms with Crippen LogP contribution < -0.4 is 14.2 Å². The number of carbonyl (C=O) groups excluding carboxylic acids is 1. The molecule has 0 aromatic heterocycles. The normalized spacial score (nSPS) is 10.6. The van der Waals surface area contributed by atoms with Crippen LogP contribution in [0.1, 0.15) is 11.1 Å². The summed E-state index contributed by atoms with van der Waals surface area (Å²) in [7, 11) is 4.52. The van der Waals surface area contributed by atoms with Gasteiger partial charge in [-0.05, 0) is 29.8 Å². The van der Waals surface area contributed by atoms with E-state index in [4.69, 9.17) is 18.9 Å². The molecule has 0 saturated carbocycles. The standard InChI is InChI=1S/C19H19FO5/c1-22-16-10-13(11-17(23-2)19(16)24-3)8-9-18(21)25-12-14-6-4-5-7-15(14)20/h4-11H,12H2,1-3H3/b9-8+. The number of esters is 1. The zero-order valence-corrected chi connectivity index (χ0v) is 14.2. The summed E-state index contributed by atoms with van der Waals surface area (Å²) < 4.78 is 34.2. The van der Waals surface area contributed by atoms with Crippen molar-refractivity contribution in [1.29, 1.82) is 0 Å². The molecule has 0 aliphatic rings. The van der Waals surface area contributed by atoms with E-state index in [1.165, 1.54) is 33.5 Å². The highest BCUT2D eigenvalue weighted by atomic mass is 19.1. The molecule has 0 unspecified atom stereocenters. The fourth-order valence-corrected chi connectivity index (χ4v) is 2.17. The van der Waals surface area contributed by atoms with Crippen LogP contribution in [0.2, 0.25) is 0 Å². The number of ether oxygens (including phenoxy) is 4. The molecule has 0 aliphatic heterocycles. The molecule has 0 N–H and O–H groups in total. The van der Waals surface area contributed by atoms with Gasteiger partial charge in [-0.1, -0.05) is 18.2 Å². The fraction of sp³-hybridized carbons (Fsp3) is 0.211. The van der Waals surface area contributed by atoms with Crippen molar-refractivity contribution in [3.05, 3.63) is 59.4 Å². The highest BCUT2D eigenvalue weighted by Crippen LogP contribution is 2.38. The number of carbonyl (C=O) groups is 1. The van der Waals surface area contributed by atoms with Crippen LogP contribution in [0.4, 0.5) is 4.39 Å². The Kier molecular flexibility index (Phi) is 6.39. The van der Waals surface area contributed by atoms with Gasteiger partial charge in [0.1, 0.15) is 12.4 Å². The monoisotopic (exact) mass is 346 g/mol. The average molecular weight is 346 g/mol. The Morgan fingerprint density at radius 3 is 2.24 bits per heavy atom. The predicted octanol–water partition coefficient (Wildman–Crippen LogP) is 3.61. The van der Waals surface area contributed by atoms with Gasteiger partial charge in [-0.2, -0.15) is 0 Å². The molecule has 0 amide bonds. The Balaban J connectivity index is 2.08. The minimum atomic E-state index is -0.586. The van der Waals surface area contributed by atoms with Crippen LogP contribution in [0, 0.1) is 5.82 Å². The van der Waals surface area contributed by atoms with E-state index >= 15 is 0 Å². The molecule has 0 spiro atoms. The van der Waals surface area contributed by atoms with E-state index in [0.717, 1.165) is 0 Å². The maximum Gasteiger partial charge on any atom is 0.331 e. The van der Waals surface area contributed by atoms with Gasteiger partial charge in [-0.15, -0.1) is 0 Å². The molecule has 0 aliphatic carbocycles. The second kappa shape index (κ2) is 8.73. The largest absolute Gasteiger partial charge is 0.493 e. The summed E-state index contributed by atoms with van der Waals surface area (Å²) in [5.41, 5.74) is 0.981. The van der Waals surface area contributed by atoms with Gasteiger partial charge in [0.05, 0.1) is 21.3 Å². The zero-order chi connectivity index (χ0) is 18.2. The lowest BCUT2D eigenvalue weighted by Crippen LogP contribution is -2.02. The van der Waals surface area contributed by atoms with Crippen molar-refractivity contribution in [2.24, 2.45) is 0 Å². The van der Waals surface area contributed by atoms with E-state index < -0.39 is 11.8 Å². The van der Waals surface area contributed by atoms with Crippen LogP contribution in [0.3, 0.4) is 0 Å². The van der Waals surface area contributed by atoms with Crippen molar-refractivity contribution >= 4 is 12.0 Å². The lowest BCUT2D eigenvalue weighted by atomic mass is 10.1. The summed E-state index contributed by atoms with van der Waals surface area (Å²) >= 11 is 0. The van der Waals surface area contributed by atoms with Crippen LogP contribution in [-0.4, -0.2) is 27.3 Å². The molecular weight excluding hydrogens is 327 g/mol. The van der Waals surface area contributed by atoms with Crippen molar-refractivity contribution in [2.75, 3.05) is 21.3 Å². The predicted molar refractivity (Wildman–Crippen MR) is 91.3 cm³/mol. The third-order valence-electron chi connectivity index (χ3n) is 3.43. The fourth-order valence-electron chi connectivity index (χ4n) is 2.17. The third kappa shape index (κ3) is 4.73. The highest BCUT2D eigenvalue weighted by Gasteiger charge is 2.12. The van der Waals surface area contributed by atoms with Crippen molar-refractivity contribution < 1.29 is 28.1 Å². The minimum Gasteiger partial charge on any atom is -0.493 e. The van der Waals surface area contributed by atoms with E-state index in [-0.39, 0.29) is 6.61 Å². The number of benzene rings is 2. The smallest absolute Gasteiger partial charge is 0.331 e. The molecule has 0 radical (unpaired) electrons. The molecule has 132 valence electrons. The van der Waals surface area contributed by atoms with Crippen LogP contribution in [0.25, 0.3) is 6.08 Å². The summed E-state index contributed by atoms with van der Waals surface area (Å²) in [6.07, 6.45) is 2.80. The number of hydrogen-bond acceptors (Lipinski definition) is 5. The van der Waals surface area contributed by atoms with E-state index in [9.17, 15) is 9.18 Å². The van der Waals surface area contributed by atoms with Gasteiger partial charge in [0, 0.05) is 11.6 Å². The first kappa shape index (κ1) is 18.3. The van der Waals surface area contributed by atoms with Gasteiger partial charge in [-0.3, -0.25) is 0 Å². The quantitative estimate of drug-likeness (QED) is 0.566. The SMILES string of the molecule is COc1cc(/C=C/C(=O)OCc2ccccc2F)cc(OC)c1OC. The van der Waals surface area contributed by atoms with Crippen LogP contribution in [-0.2, 0) is 16.1 Å². The van der Waals surface area contributed by atoms with Crippen LogP contribution >= 0.6 is 0 Å². The molecule has 2 rings (SSSR count). The van der Waals surface area contributed by atoms with Gasteiger partial charge in [0.2, 0.25) is 5.75 Å². The van der Waals surface area contributed by atoms with Crippen molar-refractivity contribution in [2.45, 2.75) is 6.61 Å².